The van der Waals surface area contributed by atoms with Gasteiger partial charge < -0.3 is 10.4 Å². The molecule has 9 nitrogen and oxygen atoms in total. The summed E-state index contributed by atoms with van der Waals surface area (Å²) in [6.07, 6.45) is 0.544. The topological polar surface area (TPSA) is 130 Å². The first-order valence-electron chi connectivity index (χ1n) is 10.5. The number of aryl methyl sites for hydroxylation is 1. The van der Waals surface area contributed by atoms with Gasteiger partial charge in [-0.15, -0.1) is 5.11 Å². The van der Waals surface area contributed by atoms with Crippen molar-refractivity contribution in [1.29, 1.82) is 0 Å². The van der Waals surface area contributed by atoms with Gasteiger partial charge in [0, 0.05) is 11.1 Å². The van der Waals surface area contributed by atoms with Crippen LogP contribution in [0, 0.1) is 6.92 Å². The van der Waals surface area contributed by atoms with Crippen LogP contribution >= 0.6 is 23.2 Å². The van der Waals surface area contributed by atoms with E-state index in [1.54, 1.807) is 31.2 Å². The van der Waals surface area contributed by atoms with Gasteiger partial charge in [0.2, 0.25) is 16.5 Å². The number of aromatic hydroxyl groups is 1. The van der Waals surface area contributed by atoms with E-state index in [1.807, 2.05) is 19.1 Å². The molecule has 0 saturated heterocycles. The van der Waals surface area contributed by atoms with Crippen molar-refractivity contribution in [3.05, 3.63) is 64.7 Å². The maximum atomic E-state index is 12.2. The molecule has 12 heteroatoms. The van der Waals surface area contributed by atoms with E-state index in [-0.39, 0.29) is 32.9 Å². The summed E-state index contributed by atoms with van der Waals surface area (Å²) in [6, 6.07) is 13.3. The number of nitrogens with one attached hydrogen (secondary N) is 1. The molecule has 4 aromatic rings. The molecule has 1 heterocycles. The van der Waals surface area contributed by atoms with E-state index in [9.17, 15) is 13.5 Å². The number of rotatable bonds is 7. The van der Waals surface area contributed by atoms with Gasteiger partial charge in [0.1, 0.15) is 5.69 Å². The van der Waals surface area contributed by atoms with Gasteiger partial charge in [0.15, 0.2) is 15.6 Å². The third-order valence-electron chi connectivity index (χ3n) is 5.05. The molecule has 2 N–H and O–H groups in total. The fourth-order valence-electron chi connectivity index (χ4n) is 3.44. The van der Waals surface area contributed by atoms with E-state index in [2.05, 4.69) is 30.5 Å². The van der Waals surface area contributed by atoms with Crippen molar-refractivity contribution >= 4 is 66.8 Å². The maximum absolute atomic E-state index is 12.2. The fraction of sp³-hybridized carbons (Fsp3) is 0.174. The number of phenols is 1. The zero-order valence-electron chi connectivity index (χ0n) is 18.7. The Kier molecular flexibility index (Phi) is 7.15. The van der Waals surface area contributed by atoms with Crippen LogP contribution < -0.4 is 5.32 Å². The number of aromatic nitrogens is 3. The summed E-state index contributed by atoms with van der Waals surface area (Å²) in [4.78, 5) is 11.9. The van der Waals surface area contributed by atoms with Crippen molar-refractivity contribution in [2.45, 2.75) is 25.2 Å². The van der Waals surface area contributed by atoms with Gasteiger partial charge in [-0.1, -0.05) is 6.92 Å². The van der Waals surface area contributed by atoms with Crippen LogP contribution in [0.3, 0.4) is 0 Å². The van der Waals surface area contributed by atoms with Crippen LogP contribution in [0.4, 0.5) is 23.0 Å². The van der Waals surface area contributed by atoms with Crippen LogP contribution in [0.25, 0.3) is 10.8 Å². The predicted molar refractivity (Wildman–Crippen MR) is 136 cm³/mol. The van der Waals surface area contributed by atoms with Gasteiger partial charge in [0.25, 0.3) is 0 Å². The molecule has 0 atom stereocenters. The molecule has 0 fully saturated rings. The summed E-state index contributed by atoms with van der Waals surface area (Å²) in [5.74, 6) is 0.254. The number of phenolic OH excluding ortho intramolecular Hbond substituents is 1. The first kappa shape index (κ1) is 24.8. The molecule has 3 aromatic carbocycles. The summed E-state index contributed by atoms with van der Waals surface area (Å²) < 4.78 is 24.4. The van der Waals surface area contributed by atoms with Crippen molar-refractivity contribution in [1.82, 2.24) is 15.0 Å². The first-order valence-corrected chi connectivity index (χ1v) is 12.9. The number of nitrogens with zero attached hydrogens (tertiary/aromatic N) is 5. The number of sulfone groups is 1. The van der Waals surface area contributed by atoms with E-state index in [1.165, 1.54) is 12.1 Å². The number of anilines is 2. The summed E-state index contributed by atoms with van der Waals surface area (Å²) in [5.41, 5.74) is 2.14. The van der Waals surface area contributed by atoms with Crippen LogP contribution in [0.2, 0.25) is 10.6 Å². The minimum atomic E-state index is -3.30. The minimum absolute atomic E-state index is 0.0244. The Hall–Kier alpha value is -3.34. The van der Waals surface area contributed by atoms with Gasteiger partial charge in [-0.05, 0) is 96.0 Å². The lowest BCUT2D eigenvalue weighted by Gasteiger charge is -2.10. The molecule has 0 aliphatic carbocycles. The zero-order valence-corrected chi connectivity index (χ0v) is 21.0. The maximum Gasteiger partial charge on any atom is 0.232 e. The SMILES string of the molecule is CCCS(=O)(=O)c1ccc(/N=N/c2c(C)cc3cc(Nc4nc(Cl)nc(Cl)n4)ccc3c2O)cc1. The van der Waals surface area contributed by atoms with E-state index < -0.39 is 9.84 Å². The van der Waals surface area contributed by atoms with Crippen molar-refractivity contribution in [2.24, 2.45) is 10.2 Å². The molecule has 0 bridgehead atoms. The Balaban J connectivity index is 1.60. The summed E-state index contributed by atoms with van der Waals surface area (Å²) in [6.45, 7) is 3.62. The van der Waals surface area contributed by atoms with Gasteiger partial charge in [0.05, 0.1) is 16.3 Å². The van der Waals surface area contributed by atoms with Crippen molar-refractivity contribution in [3.63, 3.8) is 0 Å². The Bertz CT molecular complexity index is 1520. The monoisotopic (exact) mass is 530 g/mol. The van der Waals surface area contributed by atoms with Crippen LogP contribution in [-0.2, 0) is 9.84 Å². The molecule has 0 aliphatic heterocycles. The molecule has 4 rings (SSSR count). The number of halogens is 2. The lowest BCUT2D eigenvalue weighted by molar-refractivity contribution is 0.482. The Morgan fingerprint density at radius 1 is 0.971 bits per heavy atom. The van der Waals surface area contributed by atoms with Crippen molar-refractivity contribution < 1.29 is 13.5 Å². The average Bonchev–Trinajstić information content (AvgIpc) is 2.78. The number of fused-ring (bicyclic) bond motifs is 1. The van der Waals surface area contributed by atoms with Crippen LogP contribution in [0.1, 0.15) is 18.9 Å². The lowest BCUT2D eigenvalue weighted by atomic mass is 10.0. The van der Waals surface area contributed by atoms with Gasteiger partial charge in [-0.3, -0.25) is 0 Å². The minimum Gasteiger partial charge on any atom is -0.505 e. The second kappa shape index (κ2) is 10.1. The van der Waals surface area contributed by atoms with Gasteiger partial charge >= 0.3 is 0 Å². The van der Waals surface area contributed by atoms with E-state index >= 15 is 0 Å². The van der Waals surface area contributed by atoms with Crippen LogP contribution in [0.15, 0.2) is 63.7 Å². The molecule has 35 heavy (non-hydrogen) atoms. The third-order valence-corrected chi connectivity index (χ3v) is 7.32. The second-order valence-corrected chi connectivity index (χ2v) is 10.4. The summed E-state index contributed by atoms with van der Waals surface area (Å²) >= 11 is 11.6. The highest BCUT2D eigenvalue weighted by molar-refractivity contribution is 7.91. The molecule has 0 aliphatic rings. The average molecular weight is 531 g/mol. The highest BCUT2D eigenvalue weighted by atomic mass is 35.5. The molecule has 0 spiro atoms. The van der Waals surface area contributed by atoms with Gasteiger partial charge in [-0.2, -0.15) is 20.1 Å². The van der Waals surface area contributed by atoms with E-state index in [4.69, 9.17) is 23.2 Å². The number of benzene rings is 3. The first-order chi connectivity index (χ1) is 16.7. The Morgan fingerprint density at radius 3 is 2.31 bits per heavy atom. The molecule has 1 aromatic heterocycles. The third kappa shape index (κ3) is 5.67. The molecular weight excluding hydrogens is 511 g/mol. The molecule has 180 valence electrons. The summed E-state index contributed by atoms with van der Waals surface area (Å²) in [7, 11) is -3.30. The van der Waals surface area contributed by atoms with Gasteiger partial charge in [-0.25, -0.2) is 8.42 Å². The largest absolute Gasteiger partial charge is 0.505 e. The van der Waals surface area contributed by atoms with Crippen LogP contribution in [-0.4, -0.2) is 34.2 Å². The summed E-state index contributed by atoms with van der Waals surface area (Å²) in [5, 5.41) is 23.5. The highest BCUT2D eigenvalue weighted by Gasteiger charge is 2.14. The zero-order chi connectivity index (χ0) is 25.2. The highest BCUT2D eigenvalue weighted by Crippen LogP contribution is 2.40. The second-order valence-electron chi connectivity index (χ2n) is 7.66. The number of hydrogen-bond donors (Lipinski definition) is 2. The van der Waals surface area contributed by atoms with Crippen LogP contribution in [0.5, 0.6) is 5.75 Å². The fourth-order valence-corrected chi connectivity index (χ4v) is 5.13. The molecular formula is C23H20Cl2N6O3S. The van der Waals surface area contributed by atoms with E-state index in [0.29, 0.717) is 34.4 Å². The smallest absolute Gasteiger partial charge is 0.232 e. The molecule has 0 radical (unpaired) electrons. The lowest BCUT2D eigenvalue weighted by Crippen LogP contribution is -2.05. The standard InChI is InChI=1S/C23H20Cl2N6O3S/c1-3-10-35(33,34)17-7-4-15(5-8-17)30-31-19-13(2)11-14-12-16(6-9-18(14)20(19)32)26-23-28-21(24)27-22(25)29-23/h4-9,11-12,32H,3,10H2,1-2H3,(H,26,27,28,29)/b31-30+. The van der Waals surface area contributed by atoms with Crippen molar-refractivity contribution in [3.8, 4) is 5.75 Å². The van der Waals surface area contributed by atoms with Crippen molar-refractivity contribution in [2.75, 3.05) is 11.1 Å². The number of azo groups is 1. The quantitative estimate of drug-likeness (QED) is 0.254. The Morgan fingerprint density at radius 2 is 1.66 bits per heavy atom. The normalized spacial score (nSPS) is 11.9. The van der Waals surface area contributed by atoms with E-state index in [0.717, 1.165) is 5.39 Å². The molecule has 0 unspecified atom stereocenters. The Labute approximate surface area is 211 Å². The molecule has 0 amide bonds. The number of hydrogen-bond acceptors (Lipinski definition) is 9. The predicted octanol–water partition coefficient (Wildman–Crippen LogP) is 6.69. The molecule has 0 saturated carbocycles.